The molecule has 1 unspecified atom stereocenters. The fourth-order valence-corrected chi connectivity index (χ4v) is 1.82. The topological polar surface area (TPSA) is 65.5 Å². The first-order valence-electron chi connectivity index (χ1n) is 6.62. The van der Waals surface area contributed by atoms with Crippen LogP contribution in [0.5, 0.6) is 0 Å². The van der Waals surface area contributed by atoms with Crippen LogP contribution in [0.4, 0.5) is 5.82 Å². The molecule has 0 saturated heterocycles. The van der Waals surface area contributed by atoms with Crippen LogP contribution in [0.25, 0.3) is 0 Å². The number of hydrogen-bond donors (Lipinski definition) is 2. The van der Waals surface area contributed by atoms with Crippen molar-refractivity contribution in [2.45, 2.75) is 26.4 Å². The van der Waals surface area contributed by atoms with Gasteiger partial charge in [0, 0.05) is 26.2 Å². The Bertz CT molecular complexity index is 464. The Morgan fingerprint density at radius 1 is 1.45 bits per heavy atom. The summed E-state index contributed by atoms with van der Waals surface area (Å²) >= 11 is 5.91. The van der Waals surface area contributed by atoms with Crippen LogP contribution in [-0.2, 0) is 0 Å². The quantitative estimate of drug-likeness (QED) is 0.788. The Morgan fingerprint density at radius 3 is 2.65 bits per heavy atom. The van der Waals surface area contributed by atoms with Gasteiger partial charge in [-0.2, -0.15) is 0 Å². The smallest absolute Gasteiger partial charge is 0.251 e. The normalized spacial score (nSPS) is 12.3. The number of hydrogen-bond acceptors (Lipinski definition) is 4. The van der Waals surface area contributed by atoms with E-state index in [0.29, 0.717) is 24.3 Å². The molecule has 0 aliphatic rings. The Morgan fingerprint density at radius 2 is 2.10 bits per heavy atom. The summed E-state index contributed by atoms with van der Waals surface area (Å²) in [6.07, 6.45) is 0.122. The van der Waals surface area contributed by atoms with Crippen LogP contribution in [-0.4, -0.2) is 42.7 Å². The van der Waals surface area contributed by atoms with Gasteiger partial charge < -0.3 is 15.3 Å². The van der Waals surface area contributed by atoms with E-state index in [1.807, 2.05) is 27.9 Å². The van der Waals surface area contributed by atoms with E-state index in [0.717, 1.165) is 0 Å². The van der Waals surface area contributed by atoms with Crippen LogP contribution in [0, 0.1) is 5.92 Å². The van der Waals surface area contributed by atoms with Gasteiger partial charge in [0.05, 0.1) is 6.10 Å². The number of nitrogens with one attached hydrogen (secondary N) is 1. The lowest BCUT2D eigenvalue weighted by Gasteiger charge is -2.15. The second kappa shape index (κ2) is 7.45. The summed E-state index contributed by atoms with van der Waals surface area (Å²) in [6.45, 7) is 4.31. The molecule has 5 nitrogen and oxygen atoms in total. The largest absolute Gasteiger partial charge is 0.393 e. The number of carbonyl (C=O) groups excluding carboxylic acids is 1. The van der Waals surface area contributed by atoms with Crippen molar-refractivity contribution in [2.24, 2.45) is 5.92 Å². The first-order chi connectivity index (χ1) is 9.31. The van der Waals surface area contributed by atoms with Crippen LogP contribution in [0.1, 0.15) is 30.6 Å². The van der Waals surface area contributed by atoms with Crippen molar-refractivity contribution in [1.29, 1.82) is 0 Å². The molecular weight excluding hydrogens is 278 g/mol. The zero-order valence-electron chi connectivity index (χ0n) is 12.4. The van der Waals surface area contributed by atoms with E-state index in [4.69, 9.17) is 11.6 Å². The van der Waals surface area contributed by atoms with Crippen molar-refractivity contribution in [2.75, 3.05) is 25.5 Å². The summed E-state index contributed by atoms with van der Waals surface area (Å²) < 4.78 is 0. The molecule has 0 aliphatic carbocycles. The van der Waals surface area contributed by atoms with Crippen molar-refractivity contribution in [3.05, 3.63) is 22.8 Å². The number of carbonyl (C=O) groups is 1. The lowest BCUT2D eigenvalue weighted by Crippen LogP contribution is -2.29. The fraction of sp³-hybridized carbons (Fsp3) is 0.571. The van der Waals surface area contributed by atoms with Gasteiger partial charge in [0.1, 0.15) is 11.0 Å². The minimum atomic E-state index is -0.409. The second-order valence-corrected chi connectivity index (χ2v) is 5.67. The number of anilines is 1. The maximum absolute atomic E-state index is 12.0. The van der Waals surface area contributed by atoms with Crippen molar-refractivity contribution >= 4 is 23.3 Å². The first-order valence-corrected chi connectivity index (χ1v) is 7.00. The van der Waals surface area contributed by atoms with Crippen LogP contribution >= 0.6 is 11.6 Å². The van der Waals surface area contributed by atoms with E-state index in [-0.39, 0.29) is 17.0 Å². The van der Waals surface area contributed by atoms with Crippen molar-refractivity contribution < 1.29 is 9.90 Å². The van der Waals surface area contributed by atoms with Gasteiger partial charge in [-0.1, -0.05) is 25.4 Å². The standard InChI is InChI=1S/C14H22ClN3O2/c1-9(2)11(19)5-6-16-14(20)10-7-12(15)17-13(8-10)18(3)4/h7-9,11,19H,5-6H2,1-4H3,(H,16,20). The number of rotatable bonds is 6. The average molecular weight is 300 g/mol. The molecule has 20 heavy (non-hydrogen) atoms. The Balaban J connectivity index is 2.64. The molecule has 0 aromatic carbocycles. The summed E-state index contributed by atoms with van der Waals surface area (Å²) in [5.74, 6) is 0.598. The highest BCUT2D eigenvalue weighted by molar-refractivity contribution is 6.29. The Labute approximate surface area is 125 Å². The summed E-state index contributed by atoms with van der Waals surface area (Å²) in [7, 11) is 3.67. The molecule has 1 aromatic rings. The number of aromatic nitrogens is 1. The minimum Gasteiger partial charge on any atom is -0.393 e. The summed E-state index contributed by atoms with van der Waals surface area (Å²) in [6, 6.07) is 3.21. The molecule has 112 valence electrons. The highest BCUT2D eigenvalue weighted by atomic mass is 35.5. The number of nitrogens with zero attached hydrogens (tertiary/aromatic N) is 2. The van der Waals surface area contributed by atoms with E-state index >= 15 is 0 Å². The predicted molar refractivity (Wildman–Crippen MR) is 81.4 cm³/mol. The van der Waals surface area contributed by atoms with Gasteiger partial charge in [-0.15, -0.1) is 0 Å². The molecule has 2 N–H and O–H groups in total. The zero-order valence-corrected chi connectivity index (χ0v) is 13.1. The first kappa shape index (κ1) is 16.7. The molecule has 6 heteroatoms. The third kappa shape index (κ3) is 4.98. The van der Waals surface area contributed by atoms with E-state index in [9.17, 15) is 9.90 Å². The SMILES string of the molecule is CC(C)C(O)CCNC(=O)c1cc(Cl)nc(N(C)C)c1. The maximum atomic E-state index is 12.0. The summed E-state index contributed by atoms with van der Waals surface area (Å²) in [5, 5.41) is 12.7. The van der Waals surface area contributed by atoms with E-state index in [1.54, 1.807) is 11.0 Å². The van der Waals surface area contributed by atoms with Gasteiger partial charge in [0.2, 0.25) is 0 Å². The van der Waals surface area contributed by atoms with Gasteiger partial charge in [0.25, 0.3) is 5.91 Å². The summed E-state index contributed by atoms with van der Waals surface area (Å²) in [5.41, 5.74) is 0.465. The minimum absolute atomic E-state index is 0.183. The molecule has 0 radical (unpaired) electrons. The van der Waals surface area contributed by atoms with Gasteiger partial charge in [-0.05, 0) is 24.5 Å². The van der Waals surface area contributed by atoms with E-state index < -0.39 is 6.10 Å². The number of pyridine rings is 1. The fourth-order valence-electron chi connectivity index (χ4n) is 1.61. The van der Waals surface area contributed by atoms with Crippen molar-refractivity contribution in [3.63, 3.8) is 0 Å². The third-order valence-electron chi connectivity index (χ3n) is 3.00. The van der Waals surface area contributed by atoms with Crippen LogP contribution < -0.4 is 10.2 Å². The predicted octanol–water partition coefficient (Wildman–Crippen LogP) is 1.94. The second-order valence-electron chi connectivity index (χ2n) is 5.29. The molecule has 0 saturated carbocycles. The van der Waals surface area contributed by atoms with E-state index in [1.165, 1.54) is 6.07 Å². The van der Waals surface area contributed by atoms with Crippen molar-refractivity contribution in [1.82, 2.24) is 10.3 Å². The van der Waals surface area contributed by atoms with Crippen molar-refractivity contribution in [3.8, 4) is 0 Å². The molecule has 0 aliphatic heterocycles. The molecule has 1 heterocycles. The number of aliphatic hydroxyl groups is 1. The maximum Gasteiger partial charge on any atom is 0.251 e. The van der Waals surface area contributed by atoms with Gasteiger partial charge >= 0.3 is 0 Å². The average Bonchev–Trinajstić information content (AvgIpc) is 2.37. The Hall–Kier alpha value is -1.33. The van der Waals surface area contributed by atoms with Gasteiger partial charge in [0.15, 0.2) is 0 Å². The van der Waals surface area contributed by atoms with Crippen LogP contribution in [0.15, 0.2) is 12.1 Å². The molecule has 1 rings (SSSR count). The Kier molecular flexibility index (Phi) is 6.23. The molecule has 0 spiro atoms. The summed E-state index contributed by atoms with van der Waals surface area (Å²) in [4.78, 5) is 17.9. The highest BCUT2D eigenvalue weighted by Crippen LogP contribution is 2.16. The van der Waals surface area contributed by atoms with Gasteiger partial charge in [-0.25, -0.2) is 4.98 Å². The van der Waals surface area contributed by atoms with Crippen LogP contribution in [0.3, 0.4) is 0 Å². The zero-order chi connectivity index (χ0) is 15.3. The molecule has 1 atom stereocenters. The van der Waals surface area contributed by atoms with Gasteiger partial charge in [-0.3, -0.25) is 4.79 Å². The molecular formula is C14H22ClN3O2. The molecule has 0 bridgehead atoms. The lowest BCUT2D eigenvalue weighted by atomic mass is 10.0. The molecule has 1 amide bonds. The van der Waals surface area contributed by atoms with E-state index in [2.05, 4.69) is 10.3 Å². The molecule has 0 fully saturated rings. The number of amides is 1. The van der Waals surface area contributed by atoms with Crippen LogP contribution in [0.2, 0.25) is 5.15 Å². The number of aliphatic hydroxyl groups excluding tert-OH is 1. The monoisotopic (exact) mass is 299 g/mol. The lowest BCUT2D eigenvalue weighted by molar-refractivity contribution is 0.0920. The third-order valence-corrected chi connectivity index (χ3v) is 3.19. The number of halogens is 1. The highest BCUT2D eigenvalue weighted by Gasteiger charge is 2.12. The molecule has 1 aromatic heterocycles.